The van der Waals surface area contributed by atoms with E-state index >= 15 is 14.4 Å². The van der Waals surface area contributed by atoms with Crippen LogP contribution in [0.1, 0.15) is 49.8 Å². The quantitative estimate of drug-likeness (QED) is 0.0205. The van der Waals surface area contributed by atoms with Crippen LogP contribution in [0.5, 0.6) is 5.75 Å². The van der Waals surface area contributed by atoms with Crippen LogP contribution in [-0.2, 0) is 105 Å². The molecule has 3 aromatic carbocycles. The molecule has 3 heterocycles. The van der Waals surface area contributed by atoms with Crippen LogP contribution in [0.25, 0.3) is 10.9 Å². The Kier molecular flexibility index (Phi) is 35.7. The number of aliphatic carboxylic acids is 3. The second kappa shape index (κ2) is 42.8. The SMILES string of the molecule is CC(O)C(CO)NC(=O)C1CSSCC(NC(=O)C(Cc2ccccc2)NC(=O)CN2CCN(CC(=O)[O-])CCN(CC(=O)[O-])CCN(CC(=O)[O-])CC2)C(=O)NC(Cc2ccc(O)cc2)C(=O)NC(Cc2c[nH]c3ccccc23)C(=O)NC(CCCCN)C(=O)NC(C(C)O)C(=O)N1.[Y+3]. The number of aromatic amines is 1. The molecule has 1 aromatic heterocycles. The van der Waals surface area contributed by atoms with Gasteiger partial charge < -0.3 is 103 Å². The molecule has 2 saturated heterocycles. The van der Waals surface area contributed by atoms with Crippen molar-refractivity contribution >= 4 is 97.7 Å². The summed E-state index contributed by atoms with van der Waals surface area (Å²) in [6, 6.07) is 9.03. The maximum absolute atomic E-state index is 15.3. The number of unbranched alkanes of at least 4 members (excludes halogenated alkanes) is 1. The van der Waals surface area contributed by atoms with E-state index in [0.29, 0.717) is 34.0 Å². The van der Waals surface area contributed by atoms with E-state index in [1.165, 1.54) is 52.8 Å². The summed E-state index contributed by atoms with van der Waals surface area (Å²) in [6.07, 6.45) is -1.38. The number of hydrogen-bond donors (Lipinski definition) is 14. The van der Waals surface area contributed by atoms with Gasteiger partial charge in [-0.3, -0.25) is 58.0 Å². The monoisotopic (exact) mass is 1510 g/mol. The van der Waals surface area contributed by atoms with Gasteiger partial charge in [0.05, 0.1) is 49.3 Å². The number of rotatable bonds is 26. The molecule has 4 aromatic rings. The van der Waals surface area contributed by atoms with Crippen molar-refractivity contribution in [2.24, 2.45) is 5.73 Å². The first-order valence-electron chi connectivity index (χ1n) is 32.5. The first-order valence-corrected chi connectivity index (χ1v) is 35.0. The number of phenols is 1. The van der Waals surface area contributed by atoms with Gasteiger partial charge in [-0.05, 0) is 74.5 Å². The van der Waals surface area contributed by atoms with Gasteiger partial charge in [-0.25, -0.2) is 0 Å². The number of nitrogens with one attached hydrogen (secondary N) is 9. The fourth-order valence-corrected chi connectivity index (χ4v) is 13.4. The molecule has 35 heteroatoms. The number of aliphatic hydroxyl groups is 3. The molecule has 8 amide bonds. The van der Waals surface area contributed by atoms with Crippen LogP contribution >= 0.6 is 21.6 Å². The van der Waals surface area contributed by atoms with Crippen LogP contribution in [-0.4, -0.2) is 274 Å². The maximum Gasteiger partial charge on any atom is 3.00 e. The molecule has 0 spiro atoms. The molecular formula is C65H89N14O18S2Y. The summed E-state index contributed by atoms with van der Waals surface area (Å²) >= 11 is 0. The van der Waals surface area contributed by atoms with Crippen molar-refractivity contribution in [3.8, 4) is 5.75 Å². The number of aromatic hydroxyl groups is 1. The van der Waals surface area contributed by atoms with Crippen molar-refractivity contribution in [1.82, 2.24) is 67.1 Å². The number of amides is 8. The molecule has 2 aliphatic heterocycles. The van der Waals surface area contributed by atoms with E-state index in [4.69, 9.17) is 5.73 Å². The summed E-state index contributed by atoms with van der Waals surface area (Å²) in [7, 11) is 1.79. The molecular weight excluding hydrogens is 1420 g/mol. The Morgan fingerprint density at radius 3 is 1.68 bits per heavy atom. The third-order valence-electron chi connectivity index (χ3n) is 16.6. The van der Waals surface area contributed by atoms with E-state index in [2.05, 4.69) is 47.5 Å². The zero-order valence-corrected chi connectivity index (χ0v) is 60.1. The number of carbonyl (C=O) groups is 11. The smallest absolute Gasteiger partial charge is 0.549 e. The number of phenolic OH excluding ortho intramolecular Hbond substituents is 1. The molecule has 542 valence electrons. The fraction of sp³-hybridized carbons (Fsp3) is 0.523. The third kappa shape index (κ3) is 28.2. The summed E-state index contributed by atoms with van der Waals surface area (Å²) in [4.78, 5) is 163. The van der Waals surface area contributed by atoms with Gasteiger partial charge >= 0.3 is 32.7 Å². The second-order valence-electron chi connectivity index (χ2n) is 24.4. The van der Waals surface area contributed by atoms with Crippen LogP contribution in [0.4, 0.5) is 0 Å². The summed E-state index contributed by atoms with van der Waals surface area (Å²) in [5.41, 5.74) is 8.01. The second-order valence-corrected chi connectivity index (χ2v) is 26.9. The summed E-state index contributed by atoms with van der Waals surface area (Å²) < 4.78 is 0. The molecule has 6 rings (SSSR count). The standard InChI is InChI=1S/C65H92N14O18S2.Y/c1-39(81)51(36-80)72-64(96)53-38-99-98-37-52(73-60(92)48(28-41-10-4-3-5-11-41)68-54(84)32-76-20-22-77(33-55(85)86)24-26-79(35-57(89)90)27-25-78(23-21-76)34-56(87)88)63(95)70-49(29-42-15-17-44(83)18-16-42)61(93)71-50(30-43-31-67-46-13-7-6-12-45(43)46)62(94)69-47(14-8-9-19-66)59(91)75-58(40(2)82)65(97)74-53;/h3-7,10-13,15-18,31,39-40,47-53,58,67,80-83H,8-9,14,19-30,32-38,66H2,1-2H3,(H,68,84)(H,69,94)(H,70,95)(H,71,93)(H,72,96)(H,73,92)(H,74,97)(H,75,91)(H,85,86)(H,87,88)(H,89,90);/q;+3/p-3. The van der Waals surface area contributed by atoms with E-state index < -0.39 is 158 Å². The predicted octanol–water partition coefficient (Wildman–Crippen LogP) is -7.47. The Labute approximate surface area is 611 Å². The van der Waals surface area contributed by atoms with Crippen LogP contribution in [0.15, 0.2) is 85.1 Å². The molecule has 0 radical (unpaired) electrons. The van der Waals surface area contributed by atoms with Gasteiger partial charge in [0.1, 0.15) is 48.0 Å². The van der Waals surface area contributed by atoms with Crippen molar-refractivity contribution in [1.29, 1.82) is 0 Å². The van der Waals surface area contributed by atoms with Crippen molar-refractivity contribution in [2.45, 2.75) is 113 Å². The number of aromatic nitrogens is 1. The van der Waals surface area contributed by atoms with Gasteiger partial charge in [-0.1, -0.05) is 82.3 Å². The topological polar surface area (TPSA) is 489 Å². The number of para-hydroxylation sites is 1. The summed E-state index contributed by atoms with van der Waals surface area (Å²) in [6.45, 7) is 0.0360. The molecule has 15 N–H and O–H groups in total. The maximum atomic E-state index is 15.3. The van der Waals surface area contributed by atoms with Gasteiger partial charge in [-0.15, -0.1) is 0 Å². The number of aliphatic hydroxyl groups excluding tert-OH is 3. The molecule has 10 unspecified atom stereocenters. The minimum absolute atomic E-state index is 0. The molecule has 2 fully saturated rings. The minimum Gasteiger partial charge on any atom is -0.549 e. The number of carboxylic acids is 3. The van der Waals surface area contributed by atoms with Crippen LogP contribution < -0.4 is 63.6 Å². The van der Waals surface area contributed by atoms with Gasteiger partial charge in [0, 0.05) is 120 Å². The number of carboxylic acid groups (broad SMARTS) is 3. The van der Waals surface area contributed by atoms with E-state index in [-0.39, 0.29) is 141 Å². The molecule has 0 bridgehead atoms. The number of H-pyrrole nitrogens is 1. The van der Waals surface area contributed by atoms with E-state index in [1.54, 1.807) is 65.7 Å². The minimum atomic E-state index is -1.78. The summed E-state index contributed by atoms with van der Waals surface area (Å²) in [5, 5.41) is 99.3. The summed E-state index contributed by atoms with van der Waals surface area (Å²) in [5.74, 6) is -12.6. The van der Waals surface area contributed by atoms with E-state index in [1.807, 2.05) is 0 Å². The molecule has 2 aliphatic rings. The molecule has 10 atom stereocenters. The zero-order valence-electron chi connectivity index (χ0n) is 55.7. The molecule has 32 nitrogen and oxygen atoms in total. The number of nitrogens with two attached hydrogens (primary N) is 1. The van der Waals surface area contributed by atoms with Gasteiger partial charge in [0.2, 0.25) is 47.3 Å². The van der Waals surface area contributed by atoms with Crippen LogP contribution in [0, 0.1) is 0 Å². The predicted molar refractivity (Wildman–Crippen MR) is 358 cm³/mol. The third-order valence-corrected chi connectivity index (χ3v) is 19.0. The Balaban J connectivity index is 0.0000180. The Bertz CT molecular complexity index is 3330. The average Bonchev–Trinajstić information content (AvgIpc) is 1.58. The number of carbonyl (C=O) groups excluding carboxylic acids is 11. The van der Waals surface area contributed by atoms with Gasteiger partial charge in [0.15, 0.2) is 0 Å². The first-order chi connectivity index (χ1) is 47.3. The fourth-order valence-electron chi connectivity index (χ4n) is 11.0. The Morgan fingerprint density at radius 2 is 1.13 bits per heavy atom. The van der Waals surface area contributed by atoms with Gasteiger partial charge in [0.25, 0.3) is 0 Å². The molecule has 0 saturated carbocycles. The normalized spacial score (nSPS) is 21.8. The number of fused-ring (bicyclic) bond motifs is 1. The number of hydrogen-bond acceptors (Lipinski definition) is 25. The first kappa shape index (κ1) is 83.3. The molecule has 100 heavy (non-hydrogen) atoms. The average molecular weight is 1510 g/mol. The van der Waals surface area contributed by atoms with Crippen molar-refractivity contribution in [3.05, 3.63) is 102 Å². The zero-order chi connectivity index (χ0) is 72.1. The van der Waals surface area contributed by atoms with Crippen molar-refractivity contribution < 1.29 is 121 Å². The number of benzene rings is 3. The largest absolute Gasteiger partial charge is 3.00 e. The Morgan fingerprint density at radius 1 is 0.610 bits per heavy atom. The Hall–Kier alpha value is -7.35. The number of nitrogens with zero attached hydrogens (tertiary/aromatic N) is 4. The van der Waals surface area contributed by atoms with Gasteiger partial charge in [-0.2, -0.15) is 0 Å². The van der Waals surface area contributed by atoms with E-state index in [0.717, 1.165) is 21.6 Å². The van der Waals surface area contributed by atoms with Crippen LogP contribution in [0.2, 0.25) is 0 Å². The molecule has 0 aliphatic carbocycles. The van der Waals surface area contributed by atoms with E-state index in [9.17, 15) is 74.1 Å². The van der Waals surface area contributed by atoms with Crippen LogP contribution in [0.3, 0.4) is 0 Å². The van der Waals surface area contributed by atoms with Crippen molar-refractivity contribution in [2.75, 3.05) is 103 Å². The van der Waals surface area contributed by atoms with Crippen molar-refractivity contribution in [3.63, 3.8) is 0 Å².